The van der Waals surface area contributed by atoms with Crippen LogP contribution in [0.15, 0.2) is 48.5 Å². The zero-order chi connectivity index (χ0) is 14.5. The third-order valence-electron chi connectivity index (χ3n) is 3.30. The third-order valence-corrected chi connectivity index (χ3v) is 3.30. The summed E-state index contributed by atoms with van der Waals surface area (Å²) in [6.45, 7) is 5.76. The Morgan fingerprint density at radius 3 is 2.55 bits per heavy atom. The lowest BCUT2D eigenvalue weighted by molar-refractivity contribution is 0.0696. The van der Waals surface area contributed by atoms with E-state index >= 15 is 0 Å². The van der Waals surface area contributed by atoms with E-state index in [2.05, 4.69) is 36.9 Å². The van der Waals surface area contributed by atoms with Gasteiger partial charge in [-0.2, -0.15) is 0 Å². The van der Waals surface area contributed by atoms with E-state index < -0.39 is 5.97 Å². The molecule has 2 rings (SSSR count). The zero-order valence-electron chi connectivity index (χ0n) is 11.8. The summed E-state index contributed by atoms with van der Waals surface area (Å²) < 4.78 is 0. The second-order valence-corrected chi connectivity index (χ2v) is 4.86. The van der Waals surface area contributed by atoms with E-state index in [0.29, 0.717) is 12.1 Å². The molecule has 104 valence electrons. The Hall–Kier alpha value is -2.29. The Morgan fingerprint density at radius 1 is 1.15 bits per heavy atom. The van der Waals surface area contributed by atoms with E-state index in [9.17, 15) is 4.79 Å². The van der Waals surface area contributed by atoms with Crippen molar-refractivity contribution in [3.8, 4) is 0 Å². The smallest absolute Gasteiger partial charge is 0.335 e. The second kappa shape index (κ2) is 6.24. The molecule has 0 heterocycles. The van der Waals surface area contributed by atoms with E-state index in [1.165, 1.54) is 5.56 Å². The number of hydrogen-bond acceptors (Lipinski definition) is 2. The first-order valence-corrected chi connectivity index (χ1v) is 6.74. The first-order valence-electron chi connectivity index (χ1n) is 6.74. The molecule has 0 aliphatic carbocycles. The summed E-state index contributed by atoms with van der Waals surface area (Å²) in [5, 5.41) is 9.04. The highest BCUT2D eigenvalue weighted by Gasteiger charge is 2.08. The van der Waals surface area contributed by atoms with Crippen LogP contribution in [-0.2, 0) is 6.54 Å². The van der Waals surface area contributed by atoms with Gasteiger partial charge in [-0.05, 0) is 49.2 Å². The molecule has 0 radical (unpaired) electrons. The van der Waals surface area contributed by atoms with Crippen LogP contribution in [0, 0.1) is 6.92 Å². The maximum absolute atomic E-state index is 11.0. The predicted octanol–water partition coefficient (Wildman–Crippen LogP) is 3.72. The third kappa shape index (κ3) is 3.38. The van der Waals surface area contributed by atoms with Gasteiger partial charge in [0.25, 0.3) is 0 Å². The molecule has 0 unspecified atom stereocenters. The van der Waals surface area contributed by atoms with Crippen LogP contribution in [0.5, 0.6) is 0 Å². The van der Waals surface area contributed by atoms with Crippen LogP contribution in [0.4, 0.5) is 5.69 Å². The topological polar surface area (TPSA) is 40.5 Å². The van der Waals surface area contributed by atoms with E-state index in [4.69, 9.17) is 5.11 Å². The average molecular weight is 269 g/mol. The summed E-state index contributed by atoms with van der Waals surface area (Å²) in [5.74, 6) is -0.884. The van der Waals surface area contributed by atoms with Crippen molar-refractivity contribution < 1.29 is 9.90 Å². The van der Waals surface area contributed by atoms with Crippen LogP contribution < -0.4 is 4.90 Å². The van der Waals surface area contributed by atoms with E-state index in [1.807, 2.05) is 12.1 Å². The SMILES string of the molecule is CCN(Cc1cccc(C(=O)O)c1)c1cccc(C)c1. The number of rotatable bonds is 5. The molecule has 0 bridgehead atoms. The van der Waals surface area contributed by atoms with E-state index in [-0.39, 0.29) is 0 Å². The molecule has 2 aromatic carbocycles. The Bertz CT molecular complexity index is 607. The molecule has 0 atom stereocenters. The lowest BCUT2D eigenvalue weighted by Gasteiger charge is -2.23. The molecule has 0 saturated carbocycles. The first kappa shape index (κ1) is 14.1. The molecular formula is C17H19NO2. The van der Waals surface area contributed by atoms with Crippen molar-refractivity contribution >= 4 is 11.7 Å². The standard InChI is InChI=1S/C17H19NO2/c1-3-18(16-9-4-6-13(2)10-16)12-14-7-5-8-15(11-14)17(19)20/h4-11H,3,12H2,1-2H3,(H,19,20). The summed E-state index contributed by atoms with van der Waals surface area (Å²) in [7, 11) is 0. The molecule has 0 saturated heterocycles. The normalized spacial score (nSPS) is 10.3. The number of carboxylic acids is 1. The van der Waals surface area contributed by atoms with Gasteiger partial charge in [-0.1, -0.05) is 24.3 Å². The van der Waals surface area contributed by atoms with Gasteiger partial charge < -0.3 is 10.0 Å². The van der Waals surface area contributed by atoms with Gasteiger partial charge in [0.1, 0.15) is 0 Å². The fourth-order valence-electron chi connectivity index (χ4n) is 2.23. The van der Waals surface area contributed by atoms with Gasteiger partial charge in [-0.15, -0.1) is 0 Å². The monoisotopic (exact) mass is 269 g/mol. The minimum Gasteiger partial charge on any atom is -0.478 e. The Labute approximate surface area is 119 Å². The number of carbonyl (C=O) groups is 1. The molecule has 3 nitrogen and oxygen atoms in total. The van der Waals surface area contributed by atoms with Gasteiger partial charge in [0.2, 0.25) is 0 Å². The summed E-state index contributed by atoms with van der Waals surface area (Å²) in [6.07, 6.45) is 0. The van der Waals surface area contributed by atoms with Crippen molar-refractivity contribution in [1.29, 1.82) is 0 Å². The zero-order valence-corrected chi connectivity index (χ0v) is 11.8. The lowest BCUT2D eigenvalue weighted by Crippen LogP contribution is -2.22. The number of hydrogen-bond donors (Lipinski definition) is 1. The minimum atomic E-state index is -0.884. The quantitative estimate of drug-likeness (QED) is 0.899. The first-order chi connectivity index (χ1) is 9.60. The van der Waals surface area contributed by atoms with Gasteiger partial charge in [0, 0.05) is 18.8 Å². The second-order valence-electron chi connectivity index (χ2n) is 4.86. The highest BCUT2D eigenvalue weighted by molar-refractivity contribution is 5.87. The molecular weight excluding hydrogens is 250 g/mol. The molecule has 0 spiro atoms. The van der Waals surface area contributed by atoms with Gasteiger partial charge in [0.05, 0.1) is 5.56 Å². The average Bonchev–Trinajstić information content (AvgIpc) is 2.45. The number of aryl methyl sites for hydroxylation is 1. The van der Waals surface area contributed by atoms with E-state index in [0.717, 1.165) is 17.8 Å². The largest absolute Gasteiger partial charge is 0.478 e. The van der Waals surface area contributed by atoms with Gasteiger partial charge in [0.15, 0.2) is 0 Å². The lowest BCUT2D eigenvalue weighted by atomic mass is 10.1. The Kier molecular flexibility index (Phi) is 4.41. The predicted molar refractivity (Wildman–Crippen MR) is 81.3 cm³/mol. The van der Waals surface area contributed by atoms with Gasteiger partial charge in [-0.25, -0.2) is 4.79 Å². The van der Waals surface area contributed by atoms with Crippen LogP contribution in [0.3, 0.4) is 0 Å². The Morgan fingerprint density at radius 2 is 1.90 bits per heavy atom. The van der Waals surface area contributed by atoms with Crippen molar-refractivity contribution in [2.45, 2.75) is 20.4 Å². The molecule has 0 aromatic heterocycles. The van der Waals surface area contributed by atoms with Crippen molar-refractivity contribution in [3.63, 3.8) is 0 Å². The molecule has 0 aliphatic heterocycles. The van der Waals surface area contributed by atoms with E-state index in [1.54, 1.807) is 18.2 Å². The molecule has 2 aromatic rings. The molecule has 0 amide bonds. The molecule has 0 aliphatic rings. The Balaban J connectivity index is 2.22. The highest BCUT2D eigenvalue weighted by atomic mass is 16.4. The summed E-state index contributed by atoms with van der Waals surface area (Å²) >= 11 is 0. The van der Waals surface area contributed by atoms with Crippen molar-refractivity contribution in [3.05, 3.63) is 65.2 Å². The van der Waals surface area contributed by atoms with Crippen LogP contribution in [0.1, 0.15) is 28.4 Å². The van der Waals surface area contributed by atoms with Crippen LogP contribution in [0.25, 0.3) is 0 Å². The summed E-state index contributed by atoms with van der Waals surface area (Å²) in [4.78, 5) is 13.2. The van der Waals surface area contributed by atoms with Gasteiger partial charge in [-0.3, -0.25) is 0 Å². The van der Waals surface area contributed by atoms with Gasteiger partial charge >= 0.3 is 5.97 Å². The number of benzene rings is 2. The highest BCUT2D eigenvalue weighted by Crippen LogP contribution is 2.19. The summed E-state index contributed by atoms with van der Waals surface area (Å²) in [5.41, 5.74) is 3.73. The fraction of sp³-hybridized carbons (Fsp3) is 0.235. The fourth-order valence-corrected chi connectivity index (χ4v) is 2.23. The van der Waals surface area contributed by atoms with Crippen LogP contribution in [-0.4, -0.2) is 17.6 Å². The number of anilines is 1. The number of nitrogens with zero attached hydrogens (tertiary/aromatic N) is 1. The van der Waals surface area contributed by atoms with Crippen LogP contribution in [0.2, 0.25) is 0 Å². The summed E-state index contributed by atoms with van der Waals surface area (Å²) in [6, 6.07) is 15.5. The maximum atomic E-state index is 11.0. The van der Waals surface area contributed by atoms with Crippen LogP contribution >= 0.6 is 0 Å². The molecule has 20 heavy (non-hydrogen) atoms. The molecule has 1 N–H and O–H groups in total. The number of carboxylic acid groups (broad SMARTS) is 1. The molecule has 3 heteroatoms. The minimum absolute atomic E-state index is 0.336. The van der Waals surface area contributed by atoms with Crippen molar-refractivity contribution in [2.75, 3.05) is 11.4 Å². The van der Waals surface area contributed by atoms with Crippen molar-refractivity contribution in [2.24, 2.45) is 0 Å². The molecule has 0 fully saturated rings. The maximum Gasteiger partial charge on any atom is 0.335 e. The number of aromatic carboxylic acids is 1. The van der Waals surface area contributed by atoms with Crippen molar-refractivity contribution in [1.82, 2.24) is 0 Å².